The third kappa shape index (κ3) is 2.49. The monoisotopic (exact) mass is 255 g/mol. The first-order chi connectivity index (χ1) is 8.00. The maximum absolute atomic E-state index is 10.9. The molecule has 1 heterocycles. The molecule has 0 aromatic carbocycles. The summed E-state index contributed by atoms with van der Waals surface area (Å²) in [6, 6.07) is 3.10. The van der Waals surface area contributed by atoms with Gasteiger partial charge in [0.1, 0.15) is 5.15 Å². The van der Waals surface area contributed by atoms with Gasteiger partial charge in [-0.2, -0.15) is 0 Å². The van der Waals surface area contributed by atoms with Gasteiger partial charge >= 0.3 is 5.69 Å². The lowest BCUT2D eigenvalue weighted by Gasteiger charge is -2.25. The quantitative estimate of drug-likeness (QED) is 0.472. The normalized spacial score (nSPS) is 16.6. The minimum absolute atomic E-state index is 0.00407. The number of hydrogen-bond acceptors (Lipinski definition) is 4. The molecule has 6 heteroatoms. The van der Waals surface area contributed by atoms with Gasteiger partial charge in [0.05, 0.1) is 4.92 Å². The first-order valence-corrected chi connectivity index (χ1v) is 5.92. The van der Waals surface area contributed by atoms with E-state index in [1.807, 2.05) is 11.9 Å². The second-order valence-electron chi connectivity index (χ2n) is 4.42. The minimum atomic E-state index is -0.422. The summed E-state index contributed by atoms with van der Waals surface area (Å²) in [5.41, 5.74) is 0.00407. The van der Waals surface area contributed by atoms with E-state index in [-0.39, 0.29) is 16.9 Å². The molecule has 2 rings (SSSR count). The van der Waals surface area contributed by atoms with Crippen LogP contribution in [0.2, 0.25) is 5.15 Å². The standard InChI is InChI=1S/C11H14ClN3O2/c1-7(8-3-4-8)14(2)11-9(15(16)17)5-6-10(12)13-11/h5-8H,3-4H2,1-2H3. The van der Waals surface area contributed by atoms with Gasteiger partial charge in [0.2, 0.25) is 5.82 Å². The Hall–Kier alpha value is -1.36. The molecule has 0 N–H and O–H groups in total. The molecule has 0 bridgehead atoms. The third-order valence-corrected chi connectivity index (χ3v) is 3.48. The number of pyridine rings is 1. The van der Waals surface area contributed by atoms with Crippen LogP contribution in [0.4, 0.5) is 11.5 Å². The van der Waals surface area contributed by atoms with Crippen LogP contribution < -0.4 is 4.90 Å². The van der Waals surface area contributed by atoms with Gasteiger partial charge < -0.3 is 4.90 Å². The fourth-order valence-electron chi connectivity index (χ4n) is 1.91. The van der Waals surface area contributed by atoms with Gasteiger partial charge in [-0.05, 0) is 31.7 Å². The van der Waals surface area contributed by atoms with E-state index in [2.05, 4.69) is 11.9 Å². The van der Waals surface area contributed by atoms with Crippen molar-refractivity contribution in [1.29, 1.82) is 0 Å². The van der Waals surface area contributed by atoms with Gasteiger partial charge in [-0.3, -0.25) is 10.1 Å². The smallest absolute Gasteiger partial charge is 0.311 e. The molecule has 1 aromatic rings. The molecule has 1 atom stereocenters. The number of nitro groups is 1. The number of halogens is 1. The Kier molecular flexibility index (Phi) is 3.19. The molecule has 1 aliphatic rings. The molecule has 92 valence electrons. The Balaban J connectivity index is 2.34. The summed E-state index contributed by atoms with van der Waals surface area (Å²) in [6.45, 7) is 2.06. The van der Waals surface area contributed by atoms with Gasteiger partial charge in [0.25, 0.3) is 0 Å². The Morgan fingerprint density at radius 3 is 2.76 bits per heavy atom. The molecule has 1 aromatic heterocycles. The fraction of sp³-hybridized carbons (Fsp3) is 0.545. The maximum Gasteiger partial charge on any atom is 0.311 e. The van der Waals surface area contributed by atoms with E-state index in [0.717, 1.165) is 0 Å². The molecular weight excluding hydrogens is 242 g/mol. The molecule has 0 radical (unpaired) electrons. The van der Waals surface area contributed by atoms with Gasteiger partial charge in [0, 0.05) is 19.2 Å². The lowest BCUT2D eigenvalue weighted by Crippen LogP contribution is -2.31. The zero-order chi connectivity index (χ0) is 12.6. The van der Waals surface area contributed by atoms with Crippen molar-refractivity contribution in [2.45, 2.75) is 25.8 Å². The van der Waals surface area contributed by atoms with Crippen LogP contribution in [0, 0.1) is 16.0 Å². The third-order valence-electron chi connectivity index (χ3n) is 3.27. The van der Waals surface area contributed by atoms with Crippen LogP contribution in [-0.4, -0.2) is 23.0 Å². The molecule has 1 aliphatic carbocycles. The van der Waals surface area contributed by atoms with Crippen LogP contribution in [0.1, 0.15) is 19.8 Å². The predicted molar refractivity (Wildman–Crippen MR) is 66.5 cm³/mol. The van der Waals surface area contributed by atoms with E-state index >= 15 is 0 Å². The predicted octanol–water partition coefficient (Wildman–Crippen LogP) is 2.88. The average molecular weight is 256 g/mol. The Bertz CT molecular complexity index is 448. The van der Waals surface area contributed by atoms with Crippen molar-refractivity contribution >= 4 is 23.1 Å². The number of hydrogen-bond donors (Lipinski definition) is 0. The molecule has 0 aliphatic heterocycles. The van der Waals surface area contributed by atoms with E-state index in [9.17, 15) is 10.1 Å². The summed E-state index contributed by atoms with van der Waals surface area (Å²) in [5, 5.41) is 11.2. The van der Waals surface area contributed by atoms with Gasteiger partial charge in [-0.25, -0.2) is 4.98 Å². The molecule has 1 unspecified atom stereocenters. The van der Waals surface area contributed by atoms with E-state index in [1.54, 1.807) is 0 Å². The molecule has 17 heavy (non-hydrogen) atoms. The summed E-state index contributed by atoms with van der Waals surface area (Å²) in [7, 11) is 1.83. The zero-order valence-corrected chi connectivity index (χ0v) is 10.5. The van der Waals surface area contributed by atoms with Crippen molar-refractivity contribution in [3.8, 4) is 0 Å². The average Bonchev–Trinajstić information content (AvgIpc) is 3.10. The van der Waals surface area contributed by atoms with Crippen molar-refractivity contribution < 1.29 is 4.92 Å². The Morgan fingerprint density at radius 2 is 2.24 bits per heavy atom. The van der Waals surface area contributed by atoms with Crippen LogP contribution in [0.15, 0.2) is 12.1 Å². The summed E-state index contributed by atoms with van der Waals surface area (Å²) in [5.74, 6) is 0.960. The van der Waals surface area contributed by atoms with Gasteiger partial charge in [-0.1, -0.05) is 11.6 Å². The first-order valence-electron chi connectivity index (χ1n) is 5.54. The molecule has 0 amide bonds. The SMILES string of the molecule is CC(C1CC1)N(C)c1nc(Cl)ccc1[N+](=O)[O-]. The molecule has 0 spiro atoms. The van der Waals surface area contributed by atoms with Crippen molar-refractivity contribution in [2.75, 3.05) is 11.9 Å². The van der Waals surface area contributed by atoms with Crippen LogP contribution in [-0.2, 0) is 0 Å². The van der Waals surface area contributed by atoms with Crippen LogP contribution in [0.3, 0.4) is 0 Å². The van der Waals surface area contributed by atoms with Crippen molar-refractivity contribution in [3.05, 3.63) is 27.4 Å². The van der Waals surface area contributed by atoms with E-state index in [1.165, 1.54) is 25.0 Å². The molecule has 0 saturated heterocycles. The van der Waals surface area contributed by atoms with E-state index in [0.29, 0.717) is 11.7 Å². The highest BCUT2D eigenvalue weighted by atomic mass is 35.5. The second-order valence-corrected chi connectivity index (χ2v) is 4.81. The van der Waals surface area contributed by atoms with Crippen molar-refractivity contribution in [1.82, 2.24) is 4.98 Å². The minimum Gasteiger partial charge on any atom is -0.351 e. The van der Waals surface area contributed by atoms with E-state index in [4.69, 9.17) is 11.6 Å². The molecule has 1 saturated carbocycles. The van der Waals surface area contributed by atoms with E-state index < -0.39 is 4.92 Å². The number of rotatable bonds is 4. The molecule has 1 fully saturated rings. The number of anilines is 1. The lowest BCUT2D eigenvalue weighted by molar-refractivity contribution is -0.384. The number of aromatic nitrogens is 1. The van der Waals surface area contributed by atoms with Gasteiger partial charge in [-0.15, -0.1) is 0 Å². The Morgan fingerprint density at radius 1 is 1.59 bits per heavy atom. The fourth-order valence-corrected chi connectivity index (χ4v) is 2.05. The lowest BCUT2D eigenvalue weighted by atomic mass is 10.2. The highest BCUT2D eigenvalue weighted by Gasteiger charge is 2.33. The maximum atomic E-state index is 10.9. The highest BCUT2D eigenvalue weighted by molar-refractivity contribution is 6.29. The topological polar surface area (TPSA) is 59.3 Å². The van der Waals surface area contributed by atoms with Crippen molar-refractivity contribution in [2.24, 2.45) is 5.92 Å². The van der Waals surface area contributed by atoms with Crippen LogP contribution >= 0.6 is 11.6 Å². The Labute approximate surface area is 105 Å². The number of nitrogens with zero attached hydrogens (tertiary/aromatic N) is 3. The molecular formula is C11H14ClN3O2. The second kappa shape index (κ2) is 4.49. The van der Waals surface area contributed by atoms with Crippen LogP contribution in [0.5, 0.6) is 0 Å². The highest BCUT2D eigenvalue weighted by Crippen LogP contribution is 2.38. The molecule has 5 nitrogen and oxygen atoms in total. The summed E-state index contributed by atoms with van der Waals surface area (Å²) in [6.07, 6.45) is 2.36. The van der Waals surface area contributed by atoms with Crippen LogP contribution in [0.25, 0.3) is 0 Å². The summed E-state index contributed by atoms with van der Waals surface area (Å²) in [4.78, 5) is 16.4. The largest absolute Gasteiger partial charge is 0.351 e. The van der Waals surface area contributed by atoms with Crippen molar-refractivity contribution in [3.63, 3.8) is 0 Å². The summed E-state index contributed by atoms with van der Waals surface area (Å²) < 4.78 is 0. The van der Waals surface area contributed by atoms with Gasteiger partial charge in [0.15, 0.2) is 0 Å². The zero-order valence-electron chi connectivity index (χ0n) is 9.76. The summed E-state index contributed by atoms with van der Waals surface area (Å²) >= 11 is 5.81. The first kappa shape index (κ1) is 12.1.